The lowest BCUT2D eigenvalue weighted by atomic mass is 10.2. The number of para-hydroxylation sites is 1. The molecule has 7 heteroatoms. The van der Waals surface area contributed by atoms with Crippen molar-refractivity contribution >= 4 is 23.2 Å². The SMILES string of the molecule is O=C(Nc1ccc(Oc2ccccc2)cc1)C(=O)Nc1cc(F)ccc1F. The summed E-state index contributed by atoms with van der Waals surface area (Å²) < 4.78 is 32.2. The van der Waals surface area contributed by atoms with Crippen molar-refractivity contribution in [2.75, 3.05) is 10.6 Å². The second-order valence-electron chi connectivity index (χ2n) is 5.47. The molecule has 0 fully saturated rings. The van der Waals surface area contributed by atoms with Crippen molar-refractivity contribution in [3.63, 3.8) is 0 Å². The smallest absolute Gasteiger partial charge is 0.314 e. The van der Waals surface area contributed by atoms with Gasteiger partial charge in [0.1, 0.15) is 23.1 Å². The summed E-state index contributed by atoms with van der Waals surface area (Å²) in [5.41, 5.74) is -0.0722. The monoisotopic (exact) mass is 368 g/mol. The molecule has 3 rings (SSSR count). The minimum absolute atomic E-state index is 0.343. The van der Waals surface area contributed by atoms with Crippen LogP contribution < -0.4 is 15.4 Å². The van der Waals surface area contributed by atoms with Gasteiger partial charge in [-0.25, -0.2) is 8.78 Å². The molecule has 0 bridgehead atoms. The molecule has 0 heterocycles. The first kappa shape index (κ1) is 18.1. The summed E-state index contributed by atoms with van der Waals surface area (Å²) in [5.74, 6) is -2.52. The van der Waals surface area contributed by atoms with Gasteiger partial charge in [-0.2, -0.15) is 0 Å². The molecule has 5 nitrogen and oxygen atoms in total. The van der Waals surface area contributed by atoms with Crippen molar-refractivity contribution in [3.05, 3.63) is 84.4 Å². The largest absolute Gasteiger partial charge is 0.457 e. The number of hydrogen-bond acceptors (Lipinski definition) is 3. The molecule has 0 aliphatic carbocycles. The van der Waals surface area contributed by atoms with E-state index in [4.69, 9.17) is 4.74 Å². The molecule has 0 spiro atoms. The van der Waals surface area contributed by atoms with E-state index in [9.17, 15) is 18.4 Å². The molecule has 0 aromatic heterocycles. The molecule has 3 aromatic carbocycles. The molecule has 27 heavy (non-hydrogen) atoms. The Morgan fingerprint density at radius 1 is 0.741 bits per heavy atom. The van der Waals surface area contributed by atoms with Crippen molar-refractivity contribution < 1.29 is 23.1 Å². The van der Waals surface area contributed by atoms with Gasteiger partial charge in [-0.1, -0.05) is 18.2 Å². The maximum absolute atomic E-state index is 13.5. The van der Waals surface area contributed by atoms with Gasteiger partial charge < -0.3 is 15.4 Å². The van der Waals surface area contributed by atoms with Gasteiger partial charge >= 0.3 is 11.8 Å². The summed E-state index contributed by atoms with van der Waals surface area (Å²) in [7, 11) is 0. The zero-order valence-corrected chi connectivity index (χ0v) is 13.9. The standard InChI is InChI=1S/C20H14F2N2O3/c21-13-6-11-17(22)18(12-13)24-20(26)19(25)23-14-7-9-16(10-8-14)27-15-4-2-1-3-5-15/h1-12H,(H,23,25)(H,24,26). The van der Waals surface area contributed by atoms with E-state index in [0.717, 1.165) is 18.2 Å². The third-order valence-corrected chi connectivity index (χ3v) is 3.47. The predicted octanol–water partition coefficient (Wildman–Crippen LogP) is 4.33. The minimum Gasteiger partial charge on any atom is -0.457 e. The normalized spacial score (nSPS) is 10.1. The van der Waals surface area contributed by atoms with Crippen LogP contribution in [-0.2, 0) is 9.59 Å². The van der Waals surface area contributed by atoms with Gasteiger partial charge in [0.05, 0.1) is 5.69 Å². The van der Waals surface area contributed by atoms with Crippen LogP contribution in [0.5, 0.6) is 11.5 Å². The van der Waals surface area contributed by atoms with E-state index in [1.807, 2.05) is 23.5 Å². The number of carbonyl (C=O) groups excluding carboxylic acids is 2. The Labute approximate surface area is 153 Å². The summed E-state index contributed by atoms with van der Waals surface area (Å²) in [4.78, 5) is 23.8. The van der Waals surface area contributed by atoms with Crippen LogP contribution >= 0.6 is 0 Å². The topological polar surface area (TPSA) is 67.4 Å². The summed E-state index contributed by atoms with van der Waals surface area (Å²) >= 11 is 0. The number of carbonyl (C=O) groups is 2. The molecular weight excluding hydrogens is 354 g/mol. The summed E-state index contributed by atoms with van der Waals surface area (Å²) in [5, 5.41) is 4.39. The molecule has 2 N–H and O–H groups in total. The maximum Gasteiger partial charge on any atom is 0.314 e. The number of halogens is 2. The number of anilines is 2. The number of benzene rings is 3. The highest BCUT2D eigenvalue weighted by molar-refractivity contribution is 6.43. The van der Waals surface area contributed by atoms with Gasteiger partial charge in [0.15, 0.2) is 0 Å². The van der Waals surface area contributed by atoms with Crippen molar-refractivity contribution in [2.45, 2.75) is 0 Å². The molecule has 0 radical (unpaired) electrons. The van der Waals surface area contributed by atoms with E-state index in [2.05, 4.69) is 5.32 Å². The Morgan fingerprint density at radius 3 is 2.07 bits per heavy atom. The first-order valence-electron chi connectivity index (χ1n) is 7.91. The van der Waals surface area contributed by atoms with Crippen LogP contribution in [0, 0.1) is 11.6 Å². The first-order chi connectivity index (χ1) is 13.0. The van der Waals surface area contributed by atoms with E-state index in [0.29, 0.717) is 17.2 Å². The van der Waals surface area contributed by atoms with E-state index < -0.39 is 29.1 Å². The molecular formula is C20H14F2N2O3. The molecule has 0 saturated heterocycles. The Hall–Kier alpha value is -3.74. The number of hydrogen-bond donors (Lipinski definition) is 2. The van der Waals surface area contributed by atoms with E-state index in [-0.39, 0.29) is 0 Å². The Morgan fingerprint density at radius 2 is 1.37 bits per heavy atom. The highest BCUT2D eigenvalue weighted by Gasteiger charge is 2.16. The van der Waals surface area contributed by atoms with E-state index >= 15 is 0 Å². The van der Waals surface area contributed by atoms with Crippen LogP contribution in [0.15, 0.2) is 72.8 Å². The van der Waals surface area contributed by atoms with Crippen LogP contribution in [0.1, 0.15) is 0 Å². The Kier molecular flexibility index (Phi) is 5.41. The quantitative estimate of drug-likeness (QED) is 0.674. The fourth-order valence-corrected chi connectivity index (χ4v) is 2.19. The molecule has 0 saturated carbocycles. The Bertz CT molecular complexity index is 961. The molecule has 136 valence electrons. The van der Waals surface area contributed by atoms with Crippen LogP contribution in [0.2, 0.25) is 0 Å². The lowest BCUT2D eigenvalue weighted by Crippen LogP contribution is -2.29. The summed E-state index contributed by atoms with van der Waals surface area (Å²) in [6.07, 6.45) is 0. The predicted molar refractivity (Wildman–Crippen MR) is 96.6 cm³/mol. The lowest BCUT2D eigenvalue weighted by molar-refractivity contribution is -0.133. The van der Waals surface area contributed by atoms with Crippen molar-refractivity contribution in [1.29, 1.82) is 0 Å². The molecule has 2 amide bonds. The van der Waals surface area contributed by atoms with Crippen LogP contribution in [0.3, 0.4) is 0 Å². The van der Waals surface area contributed by atoms with Gasteiger partial charge in [0.25, 0.3) is 0 Å². The second kappa shape index (κ2) is 8.09. The minimum atomic E-state index is -1.12. The molecule has 3 aromatic rings. The number of ether oxygens (including phenoxy) is 1. The lowest BCUT2D eigenvalue weighted by Gasteiger charge is -2.09. The second-order valence-corrected chi connectivity index (χ2v) is 5.47. The van der Waals surface area contributed by atoms with Gasteiger partial charge in [0.2, 0.25) is 0 Å². The van der Waals surface area contributed by atoms with Crippen molar-refractivity contribution in [3.8, 4) is 11.5 Å². The fraction of sp³-hybridized carbons (Fsp3) is 0. The highest BCUT2D eigenvalue weighted by atomic mass is 19.1. The summed E-state index contributed by atoms with van der Waals surface area (Å²) in [6.45, 7) is 0. The number of amides is 2. The fourth-order valence-electron chi connectivity index (χ4n) is 2.19. The first-order valence-corrected chi connectivity index (χ1v) is 7.91. The zero-order valence-electron chi connectivity index (χ0n) is 13.9. The number of nitrogens with one attached hydrogen (secondary N) is 2. The highest BCUT2D eigenvalue weighted by Crippen LogP contribution is 2.22. The van der Waals surface area contributed by atoms with Gasteiger partial charge in [0, 0.05) is 11.8 Å². The van der Waals surface area contributed by atoms with Gasteiger partial charge in [-0.05, 0) is 48.5 Å². The summed E-state index contributed by atoms with van der Waals surface area (Å²) in [6, 6.07) is 18.0. The van der Waals surface area contributed by atoms with Crippen LogP contribution in [0.25, 0.3) is 0 Å². The van der Waals surface area contributed by atoms with Crippen LogP contribution in [-0.4, -0.2) is 11.8 Å². The van der Waals surface area contributed by atoms with Crippen LogP contribution in [0.4, 0.5) is 20.2 Å². The van der Waals surface area contributed by atoms with E-state index in [1.165, 1.54) is 0 Å². The molecule has 0 aliphatic rings. The van der Waals surface area contributed by atoms with Crippen molar-refractivity contribution in [1.82, 2.24) is 0 Å². The maximum atomic E-state index is 13.5. The number of rotatable bonds is 4. The molecule has 0 unspecified atom stereocenters. The van der Waals surface area contributed by atoms with Gasteiger partial charge in [-0.3, -0.25) is 9.59 Å². The third-order valence-electron chi connectivity index (χ3n) is 3.47. The molecule has 0 atom stereocenters. The molecule has 0 aliphatic heterocycles. The van der Waals surface area contributed by atoms with E-state index in [1.54, 1.807) is 36.4 Å². The van der Waals surface area contributed by atoms with Gasteiger partial charge in [-0.15, -0.1) is 0 Å². The van der Waals surface area contributed by atoms with Crippen molar-refractivity contribution in [2.24, 2.45) is 0 Å². The third kappa shape index (κ3) is 4.88. The Balaban J connectivity index is 1.60. The average molecular weight is 368 g/mol. The zero-order chi connectivity index (χ0) is 19.2. The average Bonchev–Trinajstić information content (AvgIpc) is 2.67.